The summed E-state index contributed by atoms with van der Waals surface area (Å²) in [4.78, 5) is 22.7. The number of rotatable bonds is 0. The van der Waals surface area contributed by atoms with E-state index in [1.165, 1.54) is 0 Å². The fourth-order valence-corrected chi connectivity index (χ4v) is 1.56. The quantitative estimate of drug-likeness (QED) is 0.396. The van der Waals surface area contributed by atoms with Gasteiger partial charge in [-0.1, -0.05) is 18.7 Å². The number of ketones is 2. The fourth-order valence-electron chi connectivity index (χ4n) is 1.56. The van der Waals surface area contributed by atoms with Gasteiger partial charge in [0.2, 0.25) is 0 Å². The third-order valence-electron chi connectivity index (χ3n) is 2.24. The SMILES string of the molecule is C=C1C(=O)C2=C(CCC=C2)C1=O. The third-order valence-corrected chi connectivity index (χ3v) is 2.24. The predicted molar refractivity (Wildman–Crippen MR) is 44.6 cm³/mol. The van der Waals surface area contributed by atoms with Gasteiger partial charge in [0, 0.05) is 11.1 Å². The second-order valence-electron chi connectivity index (χ2n) is 2.97. The topological polar surface area (TPSA) is 34.1 Å². The van der Waals surface area contributed by atoms with E-state index in [1.807, 2.05) is 6.08 Å². The molecule has 2 rings (SSSR count). The molecule has 12 heavy (non-hydrogen) atoms. The molecule has 2 heteroatoms. The van der Waals surface area contributed by atoms with Gasteiger partial charge in [-0.3, -0.25) is 9.59 Å². The van der Waals surface area contributed by atoms with E-state index in [0.717, 1.165) is 6.42 Å². The molecule has 0 aromatic heterocycles. The Labute approximate surface area is 70.3 Å². The number of carbonyl (C=O) groups excluding carboxylic acids is 2. The molecule has 2 aliphatic carbocycles. The Morgan fingerprint density at radius 3 is 2.67 bits per heavy atom. The minimum absolute atomic E-state index is 0.131. The van der Waals surface area contributed by atoms with Gasteiger partial charge in [-0.25, -0.2) is 0 Å². The van der Waals surface area contributed by atoms with Gasteiger partial charge >= 0.3 is 0 Å². The first-order chi connectivity index (χ1) is 5.72. The molecule has 0 aromatic rings. The smallest absolute Gasteiger partial charge is 0.196 e. The summed E-state index contributed by atoms with van der Waals surface area (Å²) < 4.78 is 0. The van der Waals surface area contributed by atoms with Crippen LogP contribution in [-0.2, 0) is 9.59 Å². The highest BCUT2D eigenvalue weighted by Gasteiger charge is 2.33. The van der Waals surface area contributed by atoms with Gasteiger partial charge in [-0.15, -0.1) is 0 Å². The van der Waals surface area contributed by atoms with E-state index in [-0.39, 0.29) is 17.1 Å². The van der Waals surface area contributed by atoms with Gasteiger partial charge in [0.15, 0.2) is 11.6 Å². The molecule has 2 nitrogen and oxygen atoms in total. The summed E-state index contributed by atoms with van der Waals surface area (Å²) in [6.45, 7) is 3.47. The molecule has 0 aliphatic heterocycles. The zero-order valence-electron chi connectivity index (χ0n) is 6.59. The first-order valence-electron chi connectivity index (χ1n) is 3.90. The van der Waals surface area contributed by atoms with Gasteiger partial charge in [-0.2, -0.15) is 0 Å². The van der Waals surface area contributed by atoms with Crippen LogP contribution in [0.25, 0.3) is 0 Å². The summed E-state index contributed by atoms with van der Waals surface area (Å²) in [5.74, 6) is -0.342. The van der Waals surface area contributed by atoms with E-state index in [2.05, 4.69) is 6.58 Å². The van der Waals surface area contributed by atoms with E-state index in [9.17, 15) is 9.59 Å². The van der Waals surface area contributed by atoms with Crippen molar-refractivity contribution >= 4 is 11.6 Å². The lowest BCUT2D eigenvalue weighted by molar-refractivity contribution is -0.115. The maximum absolute atomic E-state index is 11.3. The van der Waals surface area contributed by atoms with Gasteiger partial charge in [0.05, 0.1) is 5.57 Å². The summed E-state index contributed by atoms with van der Waals surface area (Å²) in [7, 11) is 0. The molecule has 0 bridgehead atoms. The van der Waals surface area contributed by atoms with Gasteiger partial charge in [0.1, 0.15) is 0 Å². The molecule has 0 heterocycles. The lowest BCUT2D eigenvalue weighted by Gasteiger charge is -2.03. The van der Waals surface area contributed by atoms with Crippen LogP contribution >= 0.6 is 0 Å². The van der Waals surface area contributed by atoms with Crippen LogP contribution < -0.4 is 0 Å². The molecule has 0 fully saturated rings. The Hall–Kier alpha value is -1.44. The van der Waals surface area contributed by atoms with E-state index >= 15 is 0 Å². The maximum atomic E-state index is 11.3. The Kier molecular flexibility index (Phi) is 1.37. The van der Waals surface area contributed by atoms with Crippen molar-refractivity contribution < 1.29 is 9.59 Å². The molecule has 0 atom stereocenters. The van der Waals surface area contributed by atoms with Crippen molar-refractivity contribution in [2.75, 3.05) is 0 Å². The normalized spacial score (nSPS) is 22.2. The van der Waals surface area contributed by atoms with E-state index in [4.69, 9.17) is 0 Å². The monoisotopic (exact) mass is 160 g/mol. The predicted octanol–water partition coefficient (Wildman–Crippen LogP) is 1.34. The maximum Gasteiger partial charge on any atom is 0.196 e. The minimum Gasteiger partial charge on any atom is -0.289 e. The lowest BCUT2D eigenvalue weighted by atomic mass is 10.00. The van der Waals surface area contributed by atoms with Crippen molar-refractivity contribution in [2.24, 2.45) is 0 Å². The first-order valence-corrected chi connectivity index (χ1v) is 3.90. The van der Waals surface area contributed by atoms with Crippen LogP contribution in [0.1, 0.15) is 12.8 Å². The summed E-state index contributed by atoms with van der Waals surface area (Å²) >= 11 is 0. The first kappa shape index (κ1) is 7.22. The molecule has 0 saturated heterocycles. The van der Waals surface area contributed by atoms with E-state index < -0.39 is 0 Å². The summed E-state index contributed by atoms with van der Waals surface area (Å²) in [5, 5.41) is 0. The van der Waals surface area contributed by atoms with Crippen LogP contribution in [0.4, 0.5) is 0 Å². The molecule has 0 N–H and O–H groups in total. The Morgan fingerprint density at radius 1 is 1.25 bits per heavy atom. The Bertz CT molecular complexity index is 356. The molecular formula is C10H8O2. The number of allylic oxidation sites excluding steroid dienone is 5. The highest BCUT2D eigenvalue weighted by Crippen LogP contribution is 2.30. The van der Waals surface area contributed by atoms with Crippen LogP contribution in [-0.4, -0.2) is 11.6 Å². The minimum atomic E-state index is -0.189. The van der Waals surface area contributed by atoms with E-state index in [0.29, 0.717) is 17.6 Å². The molecule has 0 amide bonds. The largest absolute Gasteiger partial charge is 0.289 e. The molecular weight excluding hydrogens is 152 g/mol. The van der Waals surface area contributed by atoms with Crippen LogP contribution in [0.2, 0.25) is 0 Å². The molecule has 0 radical (unpaired) electrons. The second kappa shape index (κ2) is 2.27. The van der Waals surface area contributed by atoms with Gasteiger partial charge in [-0.05, 0) is 12.8 Å². The van der Waals surface area contributed by atoms with Crippen molar-refractivity contribution in [1.29, 1.82) is 0 Å². The van der Waals surface area contributed by atoms with E-state index in [1.54, 1.807) is 6.08 Å². The Morgan fingerprint density at radius 2 is 2.00 bits per heavy atom. The molecule has 0 spiro atoms. The average molecular weight is 160 g/mol. The number of hydrogen-bond acceptors (Lipinski definition) is 2. The number of carbonyl (C=O) groups is 2. The molecule has 2 aliphatic rings. The van der Waals surface area contributed by atoms with Crippen LogP contribution in [0.5, 0.6) is 0 Å². The summed E-state index contributed by atoms with van der Waals surface area (Å²) in [5.41, 5.74) is 1.36. The van der Waals surface area contributed by atoms with Crippen molar-refractivity contribution in [3.05, 3.63) is 35.5 Å². The average Bonchev–Trinajstić information content (AvgIpc) is 2.33. The van der Waals surface area contributed by atoms with Gasteiger partial charge in [0.25, 0.3) is 0 Å². The lowest BCUT2D eigenvalue weighted by Crippen LogP contribution is -2.01. The van der Waals surface area contributed by atoms with Crippen molar-refractivity contribution in [1.82, 2.24) is 0 Å². The van der Waals surface area contributed by atoms with Gasteiger partial charge < -0.3 is 0 Å². The molecule has 0 unspecified atom stereocenters. The fraction of sp³-hybridized carbons (Fsp3) is 0.200. The third kappa shape index (κ3) is 0.749. The standard InChI is InChI=1S/C10H8O2/c1-6-9(11)7-4-2-3-5-8(7)10(6)12/h2,4H,1,3,5H2. The second-order valence-corrected chi connectivity index (χ2v) is 2.97. The zero-order valence-corrected chi connectivity index (χ0v) is 6.59. The molecule has 60 valence electrons. The van der Waals surface area contributed by atoms with Crippen LogP contribution in [0, 0.1) is 0 Å². The zero-order chi connectivity index (χ0) is 8.72. The van der Waals surface area contributed by atoms with Crippen LogP contribution in [0.15, 0.2) is 35.5 Å². The van der Waals surface area contributed by atoms with Crippen molar-refractivity contribution in [2.45, 2.75) is 12.8 Å². The molecule has 0 saturated carbocycles. The molecule has 0 aromatic carbocycles. The van der Waals surface area contributed by atoms with Crippen molar-refractivity contribution in [3.63, 3.8) is 0 Å². The summed E-state index contributed by atoms with van der Waals surface area (Å²) in [6, 6.07) is 0. The highest BCUT2D eigenvalue weighted by atomic mass is 16.2. The highest BCUT2D eigenvalue weighted by molar-refractivity contribution is 6.38. The number of hydrogen-bond donors (Lipinski definition) is 0. The number of Topliss-reactive ketones (excluding diaryl/α,β-unsaturated/α-hetero) is 2. The van der Waals surface area contributed by atoms with Crippen molar-refractivity contribution in [3.8, 4) is 0 Å². The van der Waals surface area contributed by atoms with Crippen LogP contribution in [0.3, 0.4) is 0 Å². The summed E-state index contributed by atoms with van der Waals surface area (Å²) in [6.07, 6.45) is 5.19. The Balaban J connectivity index is 2.56.